The van der Waals surface area contributed by atoms with E-state index in [2.05, 4.69) is 10.3 Å². The predicted molar refractivity (Wildman–Crippen MR) is 110 cm³/mol. The third-order valence-corrected chi connectivity index (χ3v) is 6.13. The second-order valence-corrected chi connectivity index (χ2v) is 8.30. The number of aromatic nitrogens is 1. The number of nitrogens with one attached hydrogen (secondary N) is 1. The lowest BCUT2D eigenvalue weighted by Crippen LogP contribution is -2.37. The van der Waals surface area contributed by atoms with Crippen molar-refractivity contribution in [2.24, 2.45) is 0 Å². The molecule has 2 aromatic rings. The lowest BCUT2D eigenvalue weighted by molar-refractivity contribution is -0.117. The molecule has 1 saturated carbocycles. The molecule has 0 unspecified atom stereocenters. The van der Waals surface area contributed by atoms with Crippen LogP contribution in [-0.4, -0.2) is 28.1 Å². The maximum Gasteiger partial charge on any atom is 0.244 e. The average Bonchev–Trinajstić information content (AvgIpc) is 2.65. The highest BCUT2D eigenvalue weighted by atomic mass is 35.5. The molecular weight excluding hydrogens is 403 g/mol. The Morgan fingerprint density at radius 2 is 2.00 bits per heavy atom. The van der Waals surface area contributed by atoms with Gasteiger partial charge in [0.1, 0.15) is 5.03 Å². The third kappa shape index (κ3) is 5.98. The largest absolute Gasteiger partial charge is 0.393 e. The Morgan fingerprint density at radius 1 is 1.22 bits per heavy atom. The Hall–Kier alpha value is -1.53. The van der Waals surface area contributed by atoms with Gasteiger partial charge in [-0.25, -0.2) is 4.98 Å². The monoisotopic (exact) mass is 422 g/mol. The standard InChI is InChI=1S/C20H20Cl2N2O2S/c21-14-4-9-18(17(22)12-14)27-20-13(2-1-11-23-20)3-10-19(26)24-15-5-7-16(25)8-6-15/h1-4,9-12,15-16,25H,5-8H2,(H,24,26)/b10-3+. The maximum absolute atomic E-state index is 12.2. The lowest BCUT2D eigenvalue weighted by Gasteiger charge is -2.25. The SMILES string of the molecule is O=C(/C=C/c1cccnc1Sc1ccc(Cl)cc1Cl)NC1CCC(O)CC1. The maximum atomic E-state index is 12.2. The molecule has 0 atom stereocenters. The Bertz CT molecular complexity index is 836. The molecule has 7 heteroatoms. The summed E-state index contributed by atoms with van der Waals surface area (Å²) in [5.74, 6) is -0.138. The van der Waals surface area contributed by atoms with Crippen molar-refractivity contribution < 1.29 is 9.90 Å². The molecule has 1 heterocycles. The summed E-state index contributed by atoms with van der Waals surface area (Å²) in [5, 5.41) is 14.4. The first-order chi connectivity index (χ1) is 13.0. The number of hydrogen-bond acceptors (Lipinski definition) is 4. The fourth-order valence-electron chi connectivity index (χ4n) is 2.91. The van der Waals surface area contributed by atoms with Gasteiger partial charge in [-0.05, 0) is 56.0 Å². The number of nitrogens with zero attached hydrogens (tertiary/aromatic N) is 1. The highest BCUT2D eigenvalue weighted by Crippen LogP contribution is 2.35. The average molecular weight is 423 g/mol. The molecular formula is C20H20Cl2N2O2S. The van der Waals surface area contributed by atoms with E-state index < -0.39 is 0 Å². The van der Waals surface area contributed by atoms with Gasteiger partial charge in [-0.15, -0.1) is 0 Å². The highest BCUT2D eigenvalue weighted by molar-refractivity contribution is 7.99. The first-order valence-electron chi connectivity index (χ1n) is 8.76. The molecule has 1 aliphatic rings. The molecule has 2 N–H and O–H groups in total. The molecule has 1 amide bonds. The van der Waals surface area contributed by atoms with Gasteiger partial charge >= 0.3 is 0 Å². The molecule has 142 valence electrons. The molecule has 1 aromatic heterocycles. The molecule has 0 bridgehead atoms. The van der Waals surface area contributed by atoms with Gasteiger partial charge in [0.25, 0.3) is 0 Å². The summed E-state index contributed by atoms with van der Waals surface area (Å²) < 4.78 is 0. The first-order valence-corrected chi connectivity index (χ1v) is 10.3. The van der Waals surface area contributed by atoms with Crippen LogP contribution in [-0.2, 0) is 4.79 Å². The van der Waals surface area contributed by atoms with E-state index in [-0.39, 0.29) is 18.1 Å². The van der Waals surface area contributed by atoms with Crippen LogP contribution < -0.4 is 5.32 Å². The molecule has 0 aliphatic heterocycles. The topological polar surface area (TPSA) is 62.2 Å². The number of carbonyl (C=O) groups is 1. The Balaban J connectivity index is 1.66. The number of rotatable bonds is 5. The summed E-state index contributed by atoms with van der Waals surface area (Å²) in [6.45, 7) is 0. The molecule has 0 radical (unpaired) electrons. The molecule has 1 aliphatic carbocycles. The minimum Gasteiger partial charge on any atom is -0.393 e. The van der Waals surface area contributed by atoms with Crippen LogP contribution in [0.4, 0.5) is 0 Å². The van der Waals surface area contributed by atoms with Gasteiger partial charge in [-0.1, -0.05) is 41.0 Å². The van der Waals surface area contributed by atoms with Crippen molar-refractivity contribution in [3.63, 3.8) is 0 Å². The number of aliphatic hydroxyl groups is 1. The summed E-state index contributed by atoms with van der Waals surface area (Å²) in [7, 11) is 0. The van der Waals surface area contributed by atoms with Gasteiger partial charge in [-0.2, -0.15) is 0 Å². The van der Waals surface area contributed by atoms with Crippen LogP contribution in [0.2, 0.25) is 10.0 Å². The molecule has 27 heavy (non-hydrogen) atoms. The van der Waals surface area contributed by atoms with Crippen LogP contribution in [0.5, 0.6) is 0 Å². The fraction of sp³-hybridized carbons (Fsp3) is 0.300. The van der Waals surface area contributed by atoms with Crippen molar-refractivity contribution in [1.82, 2.24) is 10.3 Å². The number of halogens is 2. The number of pyridine rings is 1. The summed E-state index contributed by atoms with van der Waals surface area (Å²) in [5.41, 5.74) is 0.836. The predicted octanol–water partition coefficient (Wildman–Crippen LogP) is 4.97. The van der Waals surface area contributed by atoms with Crippen LogP contribution >= 0.6 is 35.0 Å². The van der Waals surface area contributed by atoms with E-state index in [1.165, 1.54) is 17.8 Å². The number of aliphatic hydroxyl groups excluding tert-OH is 1. The van der Waals surface area contributed by atoms with Gasteiger partial charge in [0.2, 0.25) is 5.91 Å². The normalized spacial score (nSPS) is 20.0. The van der Waals surface area contributed by atoms with E-state index >= 15 is 0 Å². The third-order valence-electron chi connectivity index (χ3n) is 4.36. The van der Waals surface area contributed by atoms with E-state index in [9.17, 15) is 9.90 Å². The van der Waals surface area contributed by atoms with Gasteiger partial charge < -0.3 is 10.4 Å². The quantitative estimate of drug-likeness (QED) is 0.667. The van der Waals surface area contributed by atoms with Crippen LogP contribution in [0.3, 0.4) is 0 Å². The summed E-state index contributed by atoms with van der Waals surface area (Å²) in [6, 6.07) is 9.18. The first kappa shape index (κ1) is 20.2. The van der Waals surface area contributed by atoms with Gasteiger partial charge in [0, 0.05) is 33.8 Å². The second-order valence-electron chi connectivity index (χ2n) is 6.42. The van der Waals surface area contributed by atoms with E-state index in [0.29, 0.717) is 10.0 Å². The van der Waals surface area contributed by atoms with Crippen LogP contribution in [0, 0.1) is 0 Å². The number of hydrogen-bond donors (Lipinski definition) is 2. The van der Waals surface area contributed by atoms with Crippen LogP contribution in [0.15, 0.2) is 52.5 Å². The summed E-state index contributed by atoms with van der Waals surface area (Å²) in [4.78, 5) is 17.5. The van der Waals surface area contributed by atoms with E-state index in [1.54, 1.807) is 24.4 Å². The van der Waals surface area contributed by atoms with Gasteiger partial charge in [-0.3, -0.25) is 4.79 Å². The fourth-order valence-corrected chi connectivity index (χ4v) is 4.30. The van der Waals surface area contributed by atoms with E-state index in [1.807, 2.05) is 18.2 Å². The van der Waals surface area contributed by atoms with E-state index in [4.69, 9.17) is 23.2 Å². The van der Waals surface area contributed by atoms with E-state index in [0.717, 1.165) is 41.2 Å². The smallest absolute Gasteiger partial charge is 0.244 e. The molecule has 1 aromatic carbocycles. The van der Waals surface area contributed by atoms with Crippen molar-refractivity contribution in [3.8, 4) is 0 Å². The van der Waals surface area contributed by atoms with Crippen molar-refractivity contribution in [2.45, 2.75) is 47.8 Å². The Kier molecular flexibility index (Phi) is 7.19. The Labute approximate surface area is 173 Å². The Morgan fingerprint density at radius 3 is 2.74 bits per heavy atom. The molecule has 0 saturated heterocycles. The summed E-state index contributed by atoms with van der Waals surface area (Å²) in [6.07, 6.45) is 7.84. The zero-order valence-corrected chi connectivity index (χ0v) is 16.9. The van der Waals surface area contributed by atoms with Gasteiger partial charge in [0.15, 0.2) is 0 Å². The number of benzene rings is 1. The number of amides is 1. The second kappa shape index (κ2) is 9.60. The van der Waals surface area contributed by atoms with Crippen LogP contribution in [0.1, 0.15) is 31.2 Å². The van der Waals surface area contributed by atoms with Crippen molar-refractivity contribution >= 4 is 46.9 Å². The van der Waals surface area contributed by atoms with Crippen molar-refractivity contribution in [2.75, 3.05) is 0 Å². The highest BCUT2D eigenvalue weighted by Gasteiger charge is 2.20. The van der Waals surface area contributed by atoms with Crippen molar-refractivity contribution in [3.05, 3.63) is 58.2 Å². The zero-order chi connectivity index (χ0) is 19.2. The molecule has 4 nitrogen and oxygen atoms in total. The van der Waals surface area contributed by atoms with Crippen LogP contribution in [0.25, 0.3) is 6.08 Å². The zero-order valence-electron chi connectivity index (χ0n) is 14.6. The van der Waals surface area contributed by atoms with Gasteiger partial charge in [0.05, 0.1) is 11.1 Å². The molecule has 3 rings (SSSR count). The minimum atomic E-state index is -0.233. The molecule has 0 spiro atoms. The lowest BCUT2D eigenvalue weighted by atomic mass is 9.93. The summed E-state index contributed by atoms with van der Waals surface area (Å²) >= 11 is 13.6. The number of carbonyl (C=O) groups excluding carboxylic acids is 1. The molecule has 1 fully saturated rings. The van der Waals surface area contributed by atoms with Crippen molar-refractivity contribution in [1.29, 1.82) is 0 Å². The minimum absolute atomic E-state index is 0.126.